The van der Waals surface area contributed by atoms with Crippen LogP contribution in [-0.2, 0) is 23.8 Å². The molecule has 1 heterocycles. The molecule has 0 spiro atoms. The molecule has 1 aliphatic heterocycles. The Morgan fingerprint density at radius 3 is 2.36 bits per heavy atom. The summed E-state index contributed by atoms with van der Waals surface area (Å²) in [5.41, 5.74) is 2.18. The van der Waals surface area contributed by atoms with Gasteiger partial charge in [0.25, 0.3) is 0 Å². The zero-order valence-corrected chi connectivity index (χ0v) is 14.4. The number of carbonyl (C=O) groups is 2. The molecule has 0 fully saturated rings. The Morgan fingerprint density at radius 2 is 1.68 bits per heavy atom. The van der Waals surface area contributed by atoms with E-state index < -0.39 is 11.9 Å². The van der Waals surface area contributed by atoms with Crippen molar-refractivity contribution >= 4 is 28.4 Å². The topological polar surface area (TPSA) is 65.1 Å². The standard InChI is InChI=1S/C19H19NO5/c1-12-8-9-16(14-7-5-4-6-13(12)14)20-11-25-10-15(18(21)23-2)17(20)19(22)24-3/h4-9H,10-11H2,1-3H3. The van der Waals surface area contributed by atoms with E-state index in [0.717, 1.165) is 22.0 Å². The van der Waals surface area contributed by atoms with Crippen molar-refractivity contribution in [3.8, 4) is 0 Å². The van der Waals surface area contributed by atoms with Crippen LogP contribution < -0.4 is 4.90 Å². The van der Waals surface area contributed by atoms with Gasteiger partial charge in [-0.3, -0.25) is 0 Å². The van der Waals surface area contributed by atoms with Gasteiger partial charge in [-0.1, -0.05) is 30.3 Å². The summed E-state index contributed by atoms with van der Waals surface area (Å²) in [7, 11) is 2.55. The van der Waals surface area contributed by atoms with Gasteiger partial charge in [-0.2, -0.15) is 0 Å². The fourth-order valence-corrected chi connectivity index (χ4v) is 3.00. The molecule has 0 saturated heterocycles. The number of rotatable bonds is 3. The lowest BCUT2D eigenvalue weighted by Gasteiger charge is -2.32. The van der Waals surface area contributed by atoms with Gasteiger partial charge in [-0.15, -0.1) is 0 Å². The number of fused-ring (bicyclic) bond motifs is 1. The number of ether oxygens (including phenoxy) is 3. The summed E-state index contributed by atoms with van der Waals surface area (Å²) >= 11 is 0. The van der Waals surface area contributed by atoms with Gasteiger partial charge in [0.05, 0.1) is 32.1 Å². The Labute approximate surface area is 145 Å². The fraction of sp³-hybridized carbons (Fsp3) is 0.263. The molecule has 1 aliphatic rings. The van der Waals surface area contributed by atoms with Crippen LogP contribution in [0, 0.1) is 6.92 Å². The van der Waals surface area contributed by atoms with Crippen LogP contribution in [0.5, 0.6) is 0 Å². The molecular weight excluding hydrogens is 322 g/mol. The summed E-state index contributed by atoms with van der Waals surface area (Å²) < 4.78 is 15.2. The maximum atomic E-state index is 12.4. The molecule has 0 atom stereocenters. The molecule has 0 aromatic heterocycles. The molecule has 3 rings (SSSR count). The van der Waals surface area contributed by atoms with Crippen molar-refractivity contribution in [1.82, 2.24) is 0 Å². The summed E-state index contributed by atoms with van der Waals surface area (Å²) in [6.07, 6.45) is 0. The van der Waals surface area contributed by atoms with Crippen molar-refractivity contribution in [2.45, 2.75) is 6.92 Å². The van der Waals surface area contributed by atoms with Gasteiger partial charge in [0, 0.05) is 5.39 Å². The van der Waals surface area contributed by atoms with Crippen LogP contribution in [0.1, 0.15) is 5.56 Å². The number of esters is 2. The third-order valence-corrected chi connectivity index (χ3v) is 4.24. The first-order chi connectivity index (χ1) is 12.1. The van der Waals surface area contributed by atoms with Crippen molar-refractivity contribution < 1.29 is 23.8 Å². The molecular formula is C19H19NO5. The lowest BCUT2D eigenvalue weighted by atomic mass is 10.0. The SMILES string of the molecule is COC(=O)C1=C(C(=O)OC)N(c2ccc(C)c3ccccc23)COC1. The highest BCUT2D eigenvalue weighted by Gasteiger charge is 2.33. The van der Waals surface area contributed by atoms with Gasteiger partial charge in [0.15, 0.2) is 0 Å². The van der Waals surface area contributed by atoms with Crippen LogP contribution in [0.3, 0.4) is 0 Å². The van der Waals surface area contributed by atoms with Crippen molar-refractivity contribution in [3.05, 3.63) is 53.2 Å². The maximum absolute atomic E-state index is 12.4. The second-order valence-electron chi connectivity index (χ2n) is 5.66. The van der Waals surface area contributed by atoms with Crippen LogP contribution in [0.25, 0.3) is 10.8 Å². The first-order valence-electron chi connectivity index (χ1n) is 7.82. The van der Waals surface area contributed by atoms with E-state index in [1.165, 1.54) is 14.2 Å². The Bertz CT molecular complexity index is 871. The van der Waals surface area contributed by atoms with Crippen LogP contribution in [0.15, 0.2) is 47.7 Å². The largest absolute Gasteiger partial charge is 0.466 e. The van der Waals surface area contributed by atoms with E-state index >= 15 is 0 Å². The highest BCUT2D eigenvalue weighted by molar-refractivity contribution is 6.06. The van der Waals surface area contributed by atoms with E-state index in [1.807, 2.05) is 43.3 Å². The average molecular weight is 341 g/mol. The normalized spacial score (nSPS) is 14.6. The number of nitrogens with zero attached hydrogens (tertiary/aromatic N) is 1. The number of methoxy groups -OCH3 is 2. The third kappa shape index (κ3) is 2.96. The first-order valence-corrected chi connectivity index (χ1v) is 7.82. The maximum Gasteiger partial charge on any atom is 0.355 e. The van der Waals surface area contributed by atoms with E-state index in [1.54, 1.807) is 4.90 Å². The predicted molar refractivity (Wildman–Crippen MR) is 93.0 cm³/mol. The van der Waals surface area contributed by atoms with Crippen molar-refractivity contribution in [2.75, 3.05) is 32.5 Å². The van der Waals surface area contributed by atoms with Gasteiger partial charge < -0.3 is 19.1 Å². The minimum absolute atomic E-state index is 0.00258. The minimum atomic E-state index is -0.610. The van der Waals surface area contributed by atoms with E-state index in [4.69, 9.17) is 14.2 Å². The first kappa shape index (κ1) is 17.0. The van der Waals surface area contributed by atoms with Crippen molar-refractivity contribution in [3.63, 3.8) is 0 Å². The molecule has 0 N–H and O–H groups in total. The zero-order valence-electron chi connectivity index (χ0n) is 14.4. The fourth-order valence-electron chi connectivity index (χ4n) is 3.00. The summed E-state index contributed by atoms with van der Waals surface area (Å²) in [5, 5.41) is 2.02. The minimum Gasteiger partial charge on any atom is -0.466 e. The number of hydrogen-bond donors (Lipinski definition) is 0. The second kappa shape index (κ2) is 6.94. The van der Waals surface area contributed by atoms with Crippen LogP contribution in [0.4, 0.5) is 5.69 Å². The predicted octanol–water partition coefficient (Wildman–Crippen LogP) is 2.54. The molecule has 6 heteroatoms. The molecule has 130 valence electrons. The molecule has 25 heavy (non-hydrogen) atoms. The summed E-state index contributed by atoms with van der Waals surface area (Å²) in [6, 6.07) is 11.8. The van der Waals surface area contributed by atoms with Gasteiger partial charge >= 0.3 is 11.9 Å². The molecule has 0 saturated carbocycles. The number of carbonyl (C=O) groups excluding carboxylic acids is 2. The quantitative estimate of drug-likeness (QED) is 0.800. The number of hydrogen-bond acceptors (Lipinski definition) is 6. The summed E-state index contributed by atoms with van der Waals surface area (Å²) in [6.45, 7) is 2.16. The zero-order chi connectivity index (χ0) is 18.0. The van der Waals surface area contributed by atoms with E-state index in [-0.39, 0.29) is 24.6 Å². The molecule has 0 amide bonds. The highest BCUT2D eigenvalue weighted by atomic mass is 16.5. The van der Waals surface area contributed by atoms with Crippen molar-refractivity contribution in [2.24, 2.45) is 0 Å². The average Bonchev–Trinajstić information content (AvgIpc) is 2.66. The molecule has 0 unspecified atom stereocenters. The molecule has 0 bridgehead atoms. The molecule has 0 radical (unpaired) electrons. The number of benzene rings is 2. The van der Waals surface area contributed by atoms with Gasteiger partial charge in [0.2, 0.25) is 0 Å². The van der Waals surface area contributed by atoms with E-state index in [9.17, 15) is 9.59 Å². The summed E-state index contributed by atoms with van der Waals surface area (Å²) in [4.78, 5) is 26.2. The van der Waals surface area contributed by atoms with Crippen molar-refractivity contribution in [1.29, 1.82) is 0 Å². The molecule has 0 aliphatic carbocycles. The van der Waals surface area contributed by atoms with Crippen LogP contribution in [-0.4, -0.2) is 39.5 Å². The van der Waals surface area contributed by atoms with Gasteiger partial charge in [0.1, 0.15) is 12.4 Å². The van der Waals surface area contributed by atoms with Crippen LogP contribution >= 0.6 is 0 Å². The Balaban J connectivity index is 2.23. The van der Waals surface area contributed by atoms with Gasteiger partial charge in [-0.05, 0) is 23.9 Å². The van der Waals surface area contributed by atoms with E-state index in [2.05, 4.69) is 0 Å². The smallest absolute Gasteiger partial charge is 0.355 e. The lowest BCUT2D eigenvalue weighted by molar-refractivity contribution is -0.140. The second-order valence-corrected chi connectivity index (χ2v) is 5.66. The molecule has 6 nitrogen and oxygen atoms in total. The Hall–Kier alpha value is -2.86. The highest BCUT2D eigenvalue weighted by Crippen LogP contribution is 2.34. The monoisotopic (exact) mass is 341 g/mol. The lowest BCUT2D eigenvalue weighted by Crippen LogP contribution is -2.38. The third-order valence-electron chi connectivity index (χ3n) is 4.24. The number of anilines is 1. The summed E-state index contributed by atoms with van der Waals surface area (Å²) in [5.74, 6) is -1.21. The number of aryl methyl sites for hydroxylation is 1. The van der Waals surface area contributed by atoms with Crippen LogP contribution in [0.2, 0.25) is 0 Å². The van der Waals surface area contributed by atoms with E-state index in [0.29, 0.717) is 0 Å². The molecule has 2 aromatic rings. The Kier molecular flexibility index (Phi) is 4.72. The van der Waals surface area contributed by atoms with Gasteiger partial charge in [-0.25, -0.2) is 9.59 Å². The Morgan fingerprint density at radius 1 is 1.00 bits per heavy atom. The molecule has 2 aromatic carbocycles.